The highest BCUT2D eigenvalue weighted by atomic mass is 32.2. The SMILES string of the molecule is CC(C)C(NS(=O)(=O)c1ccc2ccccc2c1)C(=O)NCc1ccccc1F. The molecule has 0 saturated carbocycles. The molecule has 29 heavy (non-hydrogen) atoms. The third kappa shape index (κ3) is 4.99. The fraction of sp³-hybridized carbons (Fsp3) is 0.227. The minimum Gasteiger partial charge on any atom is -0.351 e. The molecule has 0 aliphatic rings. The molecule has 152 valence electrons. The minimum absolute atomic E-state index is 0.0214. The van der Waals surface area contributed by atoms with Gasteiger partial charge in [-0.15, -0.1) is 0 Å². The molecule has 1 amide bonds. The van der Waals surface area contributed by atoms with Gasteiger partial charge in [-0.25, -0.2) is 12.8 Å². The number of carbonyl (C=O) groups is 1. The summed E-state index contributed by atoms with van der Waals surface area (Å²) in [6.45, 7) is 3.47. The van der Waals surface area contributed by atoms with Gasteiger partial charge in [0.1, 0.15) is 11.9 Å². The van der Waals surface area contributed by atoms with Gasteiger partial charge in [0.15, 0.2) is 0 Å². The van der Waals surface area contributed by atoms with Crippen LogP contribution in [0.4, 0.5) is 4.39 Å². The zero-order valence-corrected chi connectivity index (χ0v) is 17.0. The smallest absolute Gasteiger partial charge is 0.241 e. The van der Waals surface area contributed by atoms with E-state index in [0.29, 0.717) is 5.56 Å². The first-order valence-corrected chi connectivity index (χ1v) is 10.8. The topological polar surface area (TPSA) is 75.3 Å². The van der Waals surface area contributed by atoms with E-state index in [2.05, 4.69) is 10.0 Å². The number of fused-ring (bicyclic) bond motifs is 1. The van der Waals surface area contributed by atoms with Crippen LogP contribution >= 0.6 is 0 Å². The van der Waals surface area contributed by atoms with Gasteiger partial charge in [0.05, 0.1) is 4.90 Å². The first-order valence-electron chi connectivity index (χ1n) is 9.30. The van der Waals surface area contributed by atoms with Crippen molar-refractivity contribution in [2.45, 2.75) is 31.3 Å². The van der Waals surface area contributed by atoms with Crippen LogP contribution in [-0.2, 0) is 21.4 Å². The molecule has 0 radical (unpaired) electrons. The maximum Gasteiger partial charge on any atom is 0.241 e. The Morgan fingerprint density at radius 3 is 2.31 bits per heavy atom. The third-order valence-corrected chi connectivity index (χ3v) is 6.11. The summed E-state index contributed by atoms with van der Waals surface area (Å²) in [5, 5.41) is 4.34. The van der Waals surface area contributed by atoms with E-state index >= 15 is 0 Å². The van der Waals surface area contributed by atoms with Gasteiger partial charge in [0.25, 0.3) is 0 Å². The molecule has 0 bridgehead atoms. The summed E-state index contributed by atoms with van der Waals surface area (Å²) in [4.78, 5) is 12.7. The monoisotopic (exact) mass is 414 g/mol. The molecular formula is C22H23FN2O3S. The van der Waals surface area contributed by atoms with E-state index in [1.807, 2.05) is 24.3 Å². The Morgan fingerprint density at radius 1 is 0.966 bits per heavy atom. The number of sulfonamides is 1. The quantitative estimate of drug-likeness (QED) is 0.620. The lowest BCUT2D eigenvalue weighted by molar-refractivity contribution is -0.123. The lowest BCUT2D eigenvalue weighted by Crippen LogP contribution is -2.49. The molecule has 3 rings (SSSR count). The number of hydrogen-bond acceptors (Lipinski definition) is 3. The number of amides is 1. The summed E-state index contributed by atoms with van der Waals surface area (Å²) in [7, 11) is -3.92. The zero-order valence-electron chi connectivity index (χ0n) is 16.2. The van der Waals surface area contributed by atoms with Crippen molar-refractivity contribution in [2.75, 3.05) is 0 Å². The van der Waals surface area contributed by atoms with Crippen molar-refractivity contribution in [3.63, 3.8) is 0 Å². The molecule has 2 N–H and O–H groups in total. The summed E-state index contributed by atoms with van der Waals surface area (Å²) in [5.74, 6) is -1.23. The van der Waals surface area contributed by atoms with Gasteiger partial charge in [-0.1, -0.05) is 62.4 Å². The molecule has 0 heterocycles. The lowest BCUT2D eigenvalue weighted by atomic mass is 10.0. The molecular weight excluding hydrogens is 391 g/mol. The second-order valence-corrected chi connectivity index (χ2v) is 8.88. The van der Waals surface area contributed by atoms with Gasteiger partial charge in [0, 0.05) is 12.1 Å². The van der Waals surface area contributed by atoms with Crippen molar-refractivity contribution in [1.82, 2.24) is 10.0 Å². The van der Waals surface area contributed by atoms with Gasteiger partial charge in [0.2, 0.25) is 15.9 Å². The first-order chi connectivity index (χ1) is 13.8. The van der Waals surface area contributed by atoms with Gasteiger partial charge in [-0.2, -0.15) is 4.72 Å². The van der Waals surface area contributed by atoms with Crippen LogP contribution in [0.5, 0.6) is 0 Å². The second-order valence-electron chi connectivity index (χ2n) is 7.16. The first kappa shape index (κ1) is 21.0. The summed E-state index contributed by atoms with van der Waals surface area (Å²) in [6, 6.07) is 17.4. The molecule has 0 aromatic heterocycles. The Labute approximate surface area is 170 Å². The average Bonchev–Trinajstić information content (AvgIpc) is 2.70. The third-order valence-electron chi connectivity index (χ3n) is 4.67. The van der Waals surface area contributed by atoms with E-state index in [1.54, 1.807) is 44.2 Å². The van der Waals surface area contributed by atoms with Crippen LogP contribution in [-0.4, -0.2) is 20.4 Å². The van der Waals surface area contributed by atoms with Crippen molar-refractivity contribution in [3.8, 4) is 0 Å². The van der Waals surface area contributed by atoms with E-state index in [0.717, 1.165) is 10.8 Å². The largest absolute Gasteiger partial charge is 0.351 e. The maximum absolute atomic E-state index is 13.8. The number of carbonyl (C=O) groups excluding carboxylic acids is 1. The number of nitrogens with one attached hydrogen (secondary N) is 2. The highest BCUT2D eigenvalue weighted by Crippen LogP contribution is 2.20. The number of hydrogen-bond donors (Lipinski definition) is 2. The Hall–Kier alpha value is -2.77. The molecule has 3 aromatic rings. The Kier molecular flexibility index (Phi) is 6.30. The molecule has 5 nitrogen and oxygen atoms in total. The van der Waals surface area contributed by atoms with Crippen molar-refractivity contribution in [2.24, 2.45) is 5.92 Å². The summed E-state index contributed by atoms with van der Waals surface area (Å²) in [5.41, 5.74) is 0.334. The zero-order chi connectivity index (χ0) is 21.0. The van der Waals surface area contributed by atoms with Crippen LogP contribution in [0, 0.1) is 11.7 Å². The molecule has 0 saturated heterocycles. The normalized spacial score (nSPS) is 12.8. The molecule has 3 aromatic carbocycles. The Balaban J connectivity index is 1.77. The van der Waals surface area contributed by atoms with Gasteiger partial charge >= 0.3 is 0 Å². The highest BCUT2D eigenvalue weighted by Gasteiger charge is 2.28. The Morgan fingerprint density at radius 2 is 1.62 bits per heavy atom. The van der Waals surface area contributed by atoms with Crippen molar-refractivity contribution < 1.29 is 17.6 Å². The van der Waals surface area contributed by atoms with E-state index in [1.165, 1.54) is 12.1 Å². The Bertz CT molecular complexity index is 1130. The van der Waals surface area contributed by atoms with Crippen LogP contribution in [0.3, 0.4) is 0 Å². The van der Waals surface area contributed by atoms with Crippen LogP contribution in [0.25, 0.3) is 10.8 Å². The van der Waals surface area contributed by atoms with E-state index in [9.17, 15) is 17.6 Å². The molecule has 1 unspecified atom stereocenters. The van der Waals surface area contributed by atoms with Crippen LogP contribution in [0.15, 0.2) is 71.6 Å². The van der Waals surface area contributed by atoms with Crippen molar-refractivity contribution in [3.05, 3.63) is 78.1 Å². The molecule has 0 fully saturated rings. The molecule has 1 atom stereocenters. The number of benzene rings is 3. The van der Waals surface area contributed by atoms with Crippen LogP contribution < -0.4 is 10.0 Å². The van der Waals surface area contributed by atoms with E-state index in [4.69, 9.17) is 0 Å². The number of halogens is 1. The molecule has 0 aliphatic carbocycles. The average molecular weight is 415 g/mol. The molecule has 7 heteroatoms. The molecule has 0 aliphatic heterocycles. The fourth-order valence-corrected chi connectivity index (χ4v) is 4.38. The number of rotatable bonds is 7. The summed E-state index contributed by atoms with van der Waals surface area (Å²) in [6.07, 6.45) is 0. The molecule has 0 spiro atoms. The van der Waals surface area contributed by atoms with Gasteiger partial charge in [-0.3, -0.25) is 4.79 Å². The summed E-state index contributed by atoms with van der Waals surface area (Å²) < 4.78 is 42.0. The van der Waals surface area contributed by atoms with Gasteiger partial charge < -0.3 is 5.32 Å². The van der Waals surface area contributed by atoms with Crippen LogP contribution in [0.1, 0.15) is 19.4 Å². The predicted octanol–water partition coefficient (Wildman–Crippen LogP) is 3.60. The van der Waals surface area contributed by atoms with Crippen molar-refractivity contribution >= 4 is 26.7 Å². The minimum atomic E-state index is -3.92. The predicted molar refractivity (Wildman–Crippen MR) is 111 cm³/mol. The van der Waals surface area contributed by atoms with Crippen LogP contribution in [0.2, 0.25) is 0 Å². The van der Waals surface area contributed by atoms with Crippen molar-refractivity contribution in [1.29, 1.82) is 0 Å². The summed E-state index contributed by atoms with van der Waals surface area (Å²) >= 11 is 0. The fourth-order valence-electron chi connectivity index (χ4n) is 3.00. The maximum atomic E-state index is 13.8. The van der Waals surface area contributed by atoms with E-state index < -0.39 is 27.8 Å². The lowest BCUT2D eigenvalue weighted by Gasteiger charge is -2.22. The van der Waals surface area contributed by atoms with Gasteiger partial charge in [-0.05, 0) is 34.9 Å². The highest BCUT2D eigenvalue weighted by molar-refractivity contribution is 7.89. The second kappa shape index (κ2) is 8.71. The van der Waals surface area contributed by atoms with E-state index in [-0.39, 0.29) is 17.4 Å². The standard InChI is InChI=1S/C22H23FN2O3S/c1-15(2)21(22(26)24-14-18-9-5-6-10-20(18)23)25-29(27,28)19-12-11-16-7-3-4-8-17(16)13-19/h3-13,15,21,25H,14H2,1-2H3,(H,24,26).